The number of rotatable bonds is 5. The third kappa shape index (κ3) is 3.84. The van der Waals surface area contributed by atoms with Crippen LogP contribution in [0.2, 0.25) is 0 Å². The molecule has 0 amide bonds. The predicted octanol–water partition coefficient (Wildman–Crippen LogP) is 3.91. The lowest BCUT2D eigenvalue weighted by molar-refractivity contribution is 0.474. The number of halogens is 1. The first-order chi connectivity index (χ1) is 9.45. The molecule has 1 unspecified atom stereocenters. The molecule has 1 aromatic carbocycles. The van der Waals surface area contributed by atoms with Gasteiger partial charge in [0.25, 0.3) is 0 Å². The Morgan fingerprint density at radius 3 is 2.65 bits per heavy atom. The molecule has 108 valence electrons. The van der Waals surface area contributed by atoms with Crippen LogP contribution in [0.5, 0.6) is 11.5 Å². The molecule has 20 heavy (non-hydrogen) atoms. The third-order valence-electron chi connectivity index (χ3n) is 2.89. The van der Waals surface area contributed by atoms with Gasteiger partial charge in [-0.15, -0.1) is 0 Å². The van der Waals surface area contributed by atoms with E-state index >= 15 is 0 Å². The number of benzene rings is 1. The smallest absolute Gasteiger partial charge is 0.165 e. The van der Waals surface area contributed by atoms with E-state index in [1.165, 1.54) is 5.56 Å². The summed E-state index contributed by atoms with van der Waals surface area (Å²) in [5.74, 6) is 1.51. The van der Waals surface area contributed by atoms with Gasteiger partial charge in [-0.2, -0.15) is 5.10 Å². The van der Waals surface area contributed by atoms with Crippen molar-refractivity contribution in [2.24, 2.45) is 5.73 Å². The standard InChI is InChI=1S/C15H20BrN3O/c1-10(2)19-9-13(8-18-19)20-15-5-4-12(6-11(3)17)7-14(15)16/h4-5,7-11H,6,17H2,1-3H3. The summed E-state index contributed by atoms with van der Waals surface area (Å²) in [6, 6.07) is 6.51. The normalized spacial score (nSPS) is 12.7. The number of nitrogens with two attached hydrogens (primary N) is 1. The van der Waals surface area contributed by atoms with Crippen LogP contribution >= 0.6 is 15.9 Å². The van der Waals surface area contributed by atoms with Crippen molar-refractivity contribution < 1.29 is 4.74 Å². The van der Waals surface area contributed by atoms with Crippen molar-refractivity contribution in [2.45, 2.75) is 39.3 Å². The molecule has 0 aliphatic rings. The fourth-order valence-corrected chi connectivity index (χ4v) is 2.42. The summed E-state index contributed by atoms with van der Waals surface area (Å²) < 4.78 is 8.63. The first kappa shape index (κ1) is 15.1. The van der Waals surface area contributed by atoms with E-state index < -0.39 is 0 Å². The number of aromatic nitrogens is 2. The molecule has 0 fully saturated rings. The monoisotopic (exact) mass is 337 g/mol. The second-order valence-electron chi connectivity index (χ2n) is 5.30. The van der Waals surface area contributed by atoms with Gasteiger partial charge in [0.1, 0.15) is 5.75 Å². The van der Waals surface area contributed by atoms with Crippen LogP contribution in [0, 0.1) is 0 Å². The van der Waals surface area contributed by atoms with Crippen molar-refractivity contribution in [3.63, 3.8) is 0 Å². The highest BCUT2D eigenvalue weighted by Gasteiger charge is 2.08. The fraction of sp³-hybridized carbons (Fsp3) is 0.400. The van der Waals surface area contributed by atoms with Gasteiger partial charge < -0.3 is 10.5 Å². The lowest BCUT2D eigenvalue weighted by Crippen LogP contribution is -2.17. The molecular formula is C15H20BrN3O. The Bertz CT molecular complexity index is 578. The molecule has 0 bridgehead atoms. The minimum absolute atomic E-state index is 0.151. The Balaban J connectivity index is 2.12. The van der Waals surface area contributed by atoms with Crippen molar-refractivity contribution in [1.82, 2.24) is 9.78 Å². The van der Waals surface area contributed by atoms with E-state index in [-0.39, 0.29) is 6.04 Å². The Kier molecular flexibility index (Phi) is 4.83. The van der Waals surface area contributed by atoms with Crippen LogP contribution in [0.15, 0.2) is 35.1 Å². The molecule has 2 rings (SSSR count). The summed E-state index contributed by atoms with van der Waals surface area (Å²) in [4.78, 5) is 0. The highest BCUT2D eigenvalue weighted by atomic mass is 79.9. The maximum absolute atomic E-state index is 5.84. The Labute approximate surface area is 128 Å². The number of hydrogen-bond acceptors (Lipinski definition) is 3. The van der Waals surface area contributed by atoms with E-state index in [2.05, 4.69) is 34.9 Å². The first-order valence-corrected chi connectivity index (χ1v) is 7.51. The van der Waals surface area contributed by atoms with Gasteiger partial charge in [0, 0.05) is 12.1 Å². The number of hydrogen-bond donors (Lipinski definition) is 1. The molecule has 0 radical (unpaired) electrons. The van der Waals surface area contributed by atoms with Crippen LogP contribution in [0.25, 0.3) is 0 Å². The van der Waals surface area contributed by atoms with Crippen LogP contribution in [0.3, 0.4) is 0 Å². The molecule has 0 saturated heterocycles. The van der Waals surface area contributed by atoms with E-state index in [0.29, 0.717) is 6.04 Å². The van der Waals surface area contributed by atoms with Crippen LogP contribution in [0.4, 0.5) is 0 Å². The van der Waals surface area contributed by atoms with E-state index in [0.717, 1.165) is 22.4 Å². The van der Waals surface area contributed by atoms with Gasteiger partial charge in [-0.25, -0.2) is 0 Å². The average molecular weight is 338 g/mol. The van der Waals surface area contributed by atoms with Crippen LogP contribution in [0.1, 0.15) is 32.4 Å². The van der Waals surface area contributed by atoms with Crippen molar-refractivity contribution in [3.8, 4) is 11.5 Å². The predicted molar refractivity (Wildman–Crippen MR) is 84.2 cm³/mol. The van der Waals surface area contributed by atoms with E-state index in [4.69, 9.17) is 10.5 Å². The largest absolute Gasteiger partial charge is 0.453 e. The van der Waals surface area contributed by atoms with Crippen molar-refractivity contribution in [1.29, 1.82) is 0 Å². The fourth-order valence-electron chi connectivity index (χ4n) is 1.91. The van der Waals surface area contributed by atoms with Gasteiger partial charge in [-0.05, 0) is 60.8 Å². The minimum Gasteiger partial charge on any atom is -0.453 e. The van der Waals surface area contributed by atoms with Gasteiger partial charge in [0.2, 0.25) is 0 Å². The summed E-state index contributed by atoms with van der Waals surface area (Å²) in [5, 5.41) is 4.26. The molecule has 5 heteroatoms. The van der Waals surface area contributed by atoms with Crippen molar-refractivity contribution in [3.05, 3.63) is 40.6 Å². The molecule has 1 atom stereocenters. The summed E-state index contributed by atoms with van der Waals surface area (Å²) in [5.41, 5.74) is 7.00. The quantitative estimate of drug-likeness (QED) is 0.899. The summed E-state index contributed by atoms with van der Waals surface area (Å²) in [7, 11) is 0. The Hall–Kier alpha value is -1.33. The lowest BCUT2D eigenvalue weighted by Gasteiger charge is -2.09. The Morgan fingerprint density at radius 1 is 1.35 bits per heavy atom. The zero-order valence-corrected chi connectivity index (χ0v) is 13.6. The highest BCUT2D eigenvalue weighted by Crippen LogP contribution is 2.30. The minimum atomic E-state index is 0.151. The molecule has 0 saturated carbocycles. The molecule has 1 aromatic heterocycles. The van der Waals surface area contributed by atoms with Gasteiger partial charge in [-0.1, -0.05) is 6.07 Å². The van der Waals surface area contributed by atoms with E-state index in [1.807, 2.05) is 36.0 Å². The summed E-state index contributed by atoms with van der Waals surface area (Å²) in [6.45, 7) is 6.16. The molecule has 4 nitrogen and oxygen atoms in total. The summed E-state index contributed by atoms with van der Waals surface area (Å²) >= 11 is 3.54. The second-order valence-corrected chi connectivity index (χ2v) is 6.15. The van der Waals surface area contributed by atoms with Gasteiger partial charge in [0.15, 0.2) is 5.75 Å². The van der Waals surface area contributed by atoms with Gasteiger partial charge in [-0.3, -0.25) is 4.68 Å². The molecular weight excluding hydrogens is 318 g/mol. The first-order valence-electron chi connectivity index (χ1n) is 6.71. The Morgan fingerprint density at radius 2 is 2.10 bits per heavy atom. The SMILES string of the molecule is CC(N)Cc1ccc(Oc2cnn(C(C)C)c2)c(Br)c1. The average Bonchev–Trinajstić information content (AvgIpc) is 2.80. The molecule has 0 spiro atoms. The van der Waals surface area contributed by atoms with Crippen LogP contribution < -0.4 is 10.5 Å². The second kappa shape index (κ2) is 6.41. The van der Waals surface area contributed by atoms with Crippen LogP contribution in [-0.2, 0) is 6.42 Å². The third-order valence-corrected chi connectivity index (χ3v) is 3.51. The maximum atomic E-state index is 5.84. The molecule has 2 aromatic rings. The molecule has 0 aliphatic heterocycles. The highest BCUT2D eigenvalue weighted by molar-refractivity contribution is 9.10. The topological polar surface area (TPSA) is 53.1 Å². The van der Waals surface area contributed by atoms with E-state index in [1.54, 1.807) is 6.20 Å². The maximum Gasteiger partial charge on any atom is 0.165 e. The lowest BCUT2D eigenvalue weighted by atomic mass is 10.1. The van der Waals surface area contributed by atoms with Gasteiger partial charge in [0.05, 0.1) is 16.9 Å². The number of ether oxygens (including phenoxy) is 1. The van der Waals surface area contributed by atoms with E-state index in [9.17, 15) is 0 Å². The molecule has 1 heterocycles. The summed E-state index contributed by atoms with van der Waals surface area (Å²) in [6.07, 6.45) is 4.47. The van der Waals surface area contributed by atoms with Crippen molar-refractivity contribution >= 4 is 15.9 Å². The van der Waals surface area contributed by atoms with Crippen LogP contribution in [-0.4, -0.2) is 15.8 Å². The van der Waals surface area contributed by atoms with Gasteiger partial charge >= 0.3 is 0 Å². The molecule has 2 N–H and O–H groups in total. The zero-order valence-electron chi connectivity index (χ0n) is 12.0. The molecule has 0 aliphatic carbocycles. The van der Waals surface area contributed by atoms with Crippen molar-refractivity contribution in [2.75, 3.05) is 0 Å². The number of nitrogens with zero attached hydrogens (tertiary/aromatic N) is 2. The zero-order chi connectivity index (χ0) is 14.7.